The lowest BCUT2D eigenvalue weighted by molar-refractivity contribution is 0.0948. The smallest absolute Gasteiger partial charge is 0.253 e. The normalized spacial score (nSPS) is 15.9. The van der Waals surface area contributed by atoms with Crippen molar-refractivity contribution in [3.8, 4) is 0 Å². The van der Waals surface area contributed by atoms with Gasteiger partial charge in [0.15, 0.2) is 0 Å². The third kappa shape index (κ3) is 5.77. The second kappa shape index (κ2) is 9.00. The number of hydrogen-bond donors (Lipinski definition) is 3. The van der Waals surface area contributed by atoms with E-state index in [9.17, 15) is 13.2 Å². The lowest BCUT2D eigenvalue weighted by atomic mass is 10.1. The molecule has 1 aromatic carbocycles. The van der Waals surface area contributed by atoms with E-state index in [0.717, 1.165) is 32.7 Å². The highest BCUT2D eigenvalue weighted by molar-refractivity contribution is 7.92. The summed E-state index contributed by atoms with van der Waals surface area (Å²) in [5.74, 6) is -0.230. The van der Waals surface area contributed by atoms with Gasteiger partial charge in [0.25, 0.3) is 5.91 Å². The summed E-state index contributed by atoms with van der Waals surface area (Å²) >= 11 is 0. The molecule has 1 aliphatic rings. The van der Waals surface area contributed by atoms with Crippen molar-refractivity contribution in [1.82, 2.24) is 15.5 Å². The van der Waals surface area contributed by atoms with Crippen molar-refractivity contribution in [2.24, 2.45) is 0 Å². The fourth-order valence-corrected chi connectivity index (χ4v) is 3.77. The Balaban J connectivity index is 1.93. The van der Waals surface area contributed by atoms with E-state index in [2.05, 4.69) is 20.3 Å². The summed E-state index contributed by atoms with van der Waals surface area (Å²) in [4.78, 5) is 14.7. The maximum absolute atomic E-state index is 12.4. The summed E-state index contributed by atoms with van der Waals surface area (Å²) in [7, 11) is -3.42. The topological polar surface area (TPSA) is 90.5 Å². The van der Waals surface area contributed by atoms with Crippen LogP contribution in [0, 0.1) is 0 Å². The van der Waals surface area contributed by atoms with Crippen molar-refractivity contribution < 1.29 is 13.2 Å². The molecular weight excluding hydrogens is 328 g/mol. The third-order valence-corrected chi connectivity index (χ3v) is 5.31. The van der Waals surface area contributed by atoms with E-state index in [1.54, 1.807) is 31.2 Å². The second-order valence-electron chi connectivity index (χ2n) is 5.81. The van der Waals surface area contributed by atoms with Gasteiger partial charge < -0.3 is 10.6 Å². The minimum absolute atomic E-state index is 0.0337. The van der Waals surface area contributed by atoms with Crippen LogP contribution in [0.5, 0.6) is 0 Å². The van der Waals surface area contributed by atoms with Gasteiger partial charge in [0.05, 0.1) is 17.0 Å². The highest BCUT2D eigenvalue weighted by Crippen LogP contribution is 2.16. The number of carbonyl (C=O) groups is 1. The number of amides is 1. The Morgan fingerprint density at radius 1 is 1.25 bits per heavy atom. The molecule has 2 rings (SSSR count). The number of rotatable bonds is 8. The van der Waals surface area contributed by atoms with E-state index in [1.807, 2.05) is 0 Å². The van der Waals surface area contributed by atoms with Gasteiger partial charge in [-0.25, -0.2) is 8.42 Å². The van der Waals surface area contributed by atoms with Gasteiger partial charge in [0, 0.05) is 39.3 Å². The molecule has 3 N–H and O–H groups in total. The summed E-state index contributed by atoms with van der Waals surface area (Å²) in [6.45, 7) is 7.01. The van der Waals surface area contributed by atoms with Gasteiger partial charge in [0.1, 0.15) is 0 Å². The first-order valence-corrected chi connectivity index (χ1v) is 9.98. The number of nitrogens with one attached hydrogen (secondary N) is 3. The van der Waals surface area contributed by atoms with Gasteiger partial charge in [0.2, 0.25) is 10.0 Å². The highest BCUT2D eigenvalue weighted by Gasteiger charge is 2.16. The van der Waals surface area contributed by atoms with Crippen LogP contribution >= 0.6 is 0 Å². The number of benzene rings is 1. The lowest BCUT2D eigenvalue weighted by Gasteiger charge is -2.27. The number of sulfonamides is 1. The molecule has 1 fully saturated rings. The molecular formula is C16H26N4O3S. The molecule has 7 nitrogen and oxygen atoms in total. The van der Waals surface area contributed by atoms with Crippen molar-refractivity contribution >= 4 is 21.6 Å². The van der Waals surface area contributed by atoms with Gasteiger partial charge >= 0.3 is 0 Å². The Bertz CT molecular complexity index is 642. The molecule has 0 saturated carbocycles. The Hall–Kier alpha value is -1.64. The molecule has 1 aromatic rings. The van der Waals surface area contributed by atoms with Crippen LogP contribution in [0.25, 0.3) is 0 Å². The molecule has 24 heavy (non-hydrogen) atoms. The largest absolute Gasteiger partial charge is 0.351 e. The van der Waals surface area contributed by atoms with Gasteiger partial charge in [-0.3, -0.25) is 14.4 Å². The third-order valence-electron chi connectivity index (χ3n) is 3.83. The van der Waals surface area contributed by atoms with E-state index in [1.165, 1.54) is 0 Å². The zero-order valence-electron chi connectivity index (χ0n) is 14.0. The van der Waals surface area contributed by atoms with Crippen LogP contribution in [0.2, 0.25) is 0 Å². The molecule has 0 spiro atoms. The van der Waals surface area contributed by atoms with Crippen molar-refractivity contribution in [2.45, 2.75) is 13.3 Å². The Morgan fingerprint density at radius 3 is 2.67 bits per heavy atom. The first-order chi connectivity index (χ1) is 11.5. The number of anilines is 1. The molecule has 1 amide bonds. The maximum atomic E-state index is 12.4. The standard InChI is InChI=1S/C16H26N4O3S/c1-2-13-24(22,23)19-15-6-4-3-5-14(15)16(21)18-9-12-20-10-7-17-8-11-20/h3-6,17,19H,2,7-13H2,1H3,(H,18,21). The number of piperazine rings is 1. The van der Waals surface area contributed by atoms with E-state index >= 15 is 0 Å². The van der Waals surface area contributed by atoms with Crippen LogP contribution in [0.3, 0.4) is 0 Å². The first-order valence-electron chi connectivity index (χ1n) is 8.32. The molecule has 0 unspecified atom stereocenters. The quantitative estimate of drug-likeness (QED) is 0.631. The molecule has 0 aromatic heterocycles. The number of carbonyl (C=O) groups excluding carboxylic acids is 1. The molecule has 0 bridgehead atoms. The van der Waals surface area contributed by atoms with Crippen LogP contribution in [-0.4, -0.2) is 64.2 Å². The van der Waals surface area contributed by atoms with Gasteiger partial charge in [-0.1, -0.05) is 19.1 Å². The lowest BCUT2D eigenvalue weighted by Crippen LogP contribution is -2.46. The fourth-order valence-electron chi connectivity index (χ4n) is 2.61. The van der Waals surface area contributed by atoms with Crippen LogP contribution in [-0.2, 0) is 10.0 Å². The van der Waals surface area contributed by atoms with Gasteiger partial charge in [-0.05, 0) is 18.6 Å². The van der Waals surface area contributed by atoms with Crippen molar-refractivity contribution in [1.29, 1.82) is 0 Å². The van der Waals surface area contributed by atoms with Crippen molar-refractivity contribution in [3.63, 3.8) is 0 Å². The van der Waals surface area contributed by atoms with Gasteiger partial charge in [-0.15, -0.1) is 0 Å². The molecule has 1 aliphatic heterocycles. The minimum Gasteiger partial charge on any atom is -0.351 e. The number of para-hydroxylation sites is 1. The van der Waals surface area contributed by atoms with E-state index in [-0.39, 0.29) is 11.7 Å². The highest BCUT2D eigenvalue weighted by atomic mass is 32.2. The first kappa shape index (κ1) is 18.7. The average Bonchev–Trinajstić information content (AvgIpc) is 2.55. The van der Waals surface area contributed by atoms with Crippen molar-refractivity contribution in [2.75, 3.05) is 49.7 Å². The molecule has 134 valence electrons. The summed E-state index contributed by atoms with van der Waals surface area (Å²) in [6, 6.07) is 6.67. The number of nitrogens with zero attached hydrogens (tertiary/aromatic N) is 1. The van der Waals surface area contributed by atoms with Crippen LogP contribution < -0.4 is 15.4 Å². The molecule has 0 atom stereocenters. The summed E-state index contributed by atoms with van der Waals surface area (Å²) in [5.41, 5.74) is 0.670. The van der Waals surface area contributed by atoms with Crippen LogP contribution in [0.15, 0.2) is 24.3 Å². The Morgan fingerprint density at radius 2 is 1.96 bits per heavy atom. The minimum atomic E-state index is -3.42. The predicted octanol–water partition coefficient (Wildman–Crippen LogP) is 0.473. The zero-order valence-corrected chi connectivity index (χ0v) is 14.9. The van der Waals surface area contributed by atoms with E-state index < -0.39 is 10.0 Å². The van der Waals surface area contributed by atoms with Crippen LogP contribution in [0.4, 0.5) is 5.69 Å². The Kier molecular flexibility index (Phi) is 7.01. The molecule has 0 radical (unpaired) electrons. The molecule has 8 heteroatoms. The maximum Gasteiger partial charge on any atom is 0.253 e. The molecule has 1 saturated heterocycles. The zero-order chi connectivity index (χ0) is 17.4. The predicted molar refractivity (Wildman–Crippen MR) is 95.8 cm³/mol. The van der Waals surface area contributed by atoms with E-state index in [0.29, 0.717) is 24.2 Å². The number of hydrogen-bond acceptors (Lipinski definition) is 5. The van der Waals surface area contributed by atoms with E-state index in [4.69, 9.17) is 0 Å². The fraction of sp³-hybridized carbons (Fsp3) is 0.562. The monoisotopic (exact) mass is 354 g/mol. The molecule has 1 heterocycles. The molecule has 0 aliphatic carbocycles. The SMILES string of the molecule is CCCS(=O)(=O)Nc1ccccc1C(=O)NCCN1CCNCC1. The Labute approximate surface area is 143 Å². The van der Waals surface area contributed by atoms with Gasteiger partial charge in [-0.2, -0.15) is 0 Å². The summed E-state index contributed by atoms with van der Waals surface area (Å²) in [5, 5.41) is 6.15. The second-order valence-corrected chi connectivity index (χ2v) is 7.66. The summed E-state index contributed by atoms with van der Waals surface area (Å²) < 4.78 is 26.4. The van der Waals surface area contributed by atoms with Crippen LogP contribution in [0.1, 0.15) is 23.7 Å². The summed E-state index contributed by atoms with van der Waals surface area (Å²) in [6.07, 6.45) is 0.522. The van der Waals surface area contributed by atoms with Crippen molar-refractivity contribution in [3.05, 3.63) is 29.8 Å². The average molecular weight is 354 g/mol.